The van der Waals surface area contributed by atoms with Gasteiger partial charge >= 0.3 is 0 Å². The Kier molecular flexibility index (Phi) is 4.71. The van der Waals surface area contributed by atoms with Crippen LogP contribution < -0.4 is 10.1 Å². The van der Waals surface area contributed by atoms with Crippen LogP contribution in [0.3, 0.4) is 0 Å². The van der Waals surface area contributed by atoms with Crippen molar-refractivity contribution < 1.29 is 13.9 Å². The van der Waals surface area contributed by atoms with Crippen LogP contribution >= 0.6 is 0 Å². The number of halogens is 1. The molecule has 3 nitrogen and oxygen atoms in total. The van der Waals surface area contributed by atoms with Gasteiger partial charge in [-0.15, -0.1) is 0 Å². The summed E-state index contributed by atoms with van der Waals surface area (Å²) in [6, 6.07) is 13.1. The lowest BCUT2D eigenvalue weighted by Gasteiger charge is -2.09. The number of aryl methyl sites for hydroxylation is 1. The number of hydrogen-bond donors (Lipinski definition) is 1. The summed E-state index contributed by atoms with van der Waals surface area (Å²) in [5.74, 6) is 0.214. The van der Waals surface area contributed by atoms with Crippen LogP contribution in [0.4, 0.5) is 4.39 Å². The van der Waals surface area contributed by atoms with Crippen LogP contribution in [0.2, 0.25) is 0 Å². The van der Waals surface area contributed by atoms with E-state index in [4.69, 9.17) is 4.74 Å². The fourth-order valence-electron chi connectivity index (χ4n) is 1.75. The molecule has 2 aromatic rings. The number of rotatable bonds is 5. The first-order valence-electron chi connectivity index (χ1n) is 6.39. The molecule has 2 rings (SSSR count). The smallest absolute Gasteiger partial charge is 0.251 e. The quantitative estimate of drug-likeness (QED) is 0.851. The fraction of sp³-hybridized carbons (Fsp3) is 0.188. The topological polar surface area (TPSA) is 38.3 Å². The normalized spacial score (nSPS) is 10.1. The summed E-state index contributed by atoms with van der Waals surface area (Å²) < 4.78 is 18.3. The lowest BCUT2D eigenvalue weighted by Crippen LogP contribution is -2.28. The number of carbonyl (C=O) groups excluding carboxylic acids is 1. The van der Waals surface area contributed by atoms with Gasteiger partial charge in [-0.2, -0.15) is 0 Å². The van der Waals surface area contributed by atoms with Crippen LogP contribution in [-0.2, 0) is 0 Å². The van der Waals surface area contributed by atoms with Crippen LogP contribution in [0.1, 0.15) is 15.9 Å². The zero-order valence-electron chi connectivity index (χ0n) is 11.2. The second-order valence-corrected chi connectivity index (χ2v) is 4.38. The maximum absolute atomic E-state index is 12.7. The second-order valence-electron chi connectivity index (χ2n) is 4.38. The first kappa shape index (κ1) is 14.1. The maximum Gasteiger partial charge on any atom is 0.251 e. The molecule has 0 unspecified atom stereocenters. The first-order chi connectivity index (χ1) is 9.66. The van der Waals surface area contributed by atoms with E-state index in [1.54, 1.807) is 0 Å². The zero-order valence-corrected chi connectivity index (χ0v) is 11.2. The zero-order chi connectivity index (χ0) is 14.4. The predicted molar refractivity (Wildman–Crippen MR) is 75.4 cm³/mol. The molecule has 0 aliphatic rings. The molecule has 4 heteroatoms. The summed E-state index contributed by atoms with van der Waals surface area (Å²) in [7, 11) is 0. The molecule has 0 aromatic heterocycles. The van der Waals surface area contributed by atoms with Crippen molar-refractivity contribution in [2.24, 2.45) is 0 Å². The minimum Gasteiger partial charge on any atom is -0.491 e. The van der Waals surface area contributed by atoms with Crippen molar-refractivity contribution in [3.8, 4) is 5.75 Å². The van der Waals surface area contributed by atoms with E-state index in [0.29, 0.717) is 18.7 Å². The molecule has 0 bridgehead atoms. The third kappa shape index (κ3) is 3.82. The third-order valence-electron chi connectivity index (χ3n) is 2.85. The largest absolute Gasteiger partial charge is 0.491 e. The molecule has 104 valence electrons. The summed E-state index contributed by atoms with van der Waals surface area (Å²) in [5, 5.41) is 2.72. The molecule has 0 radical (unpaired) electrons. The number of para-hydroxylation sites is 1. The van der Waals surface area contributed by atoms with E-state index in [1.165, 1.54) is 24.3 Å². The molecule has 0 aliphatic carbocycles. The van der Waals surface area contributed by atoms with Crippen molar-refractivity contribution in [3.05, 3.63) is 65.5 Å². The van der Waals surface area contributed by atoms with Gasteiger partial charge in [0.2, 0.25) is 0 Å². The van der Waals surface area contributed by atoms with Gasteiger partial charge in [-0.1, -0.05) is 18.2 Å². The van der Waals surface area contributed by atoms with E-state index in [-0.39, 0.29) is 11.7 Å². The lowest BCUT2D eigenvalue weighted by atomic mass is 10.2. The Morgan fingerprint density at radius 2 is 1.85 bits per heavy atom. The van der Waals surface area contributed by atoms with Crippen LogP contribution in [0.15, 0.2) is 48.5 Å². The monoisotopic (exact) mass is 273 g/mol. The molecule has 20 heavy (non-hydrogen) atoms. The molecule has 0 spiro atoms. The second kappa shape index (κ2) is 6.70. The van der Waals surface area contributed by atoms with Gasteiger partial charge in [0.05, 0.1) is 6.54 Å². The van der Waals surface area contributed by atoms with Gasteiger partial charge in [0.25, 0.3) is 5.91 Å². The molecule has 1 amide bonds. The Bertz CT molecular complexity index is 581. The number of benzene rings is 2. The number of carbonyl (C=O) groups is 1. The molecule has 0 fully saturated rings. The summed E-state index contributed by atoms with van der Waals surface area (Å²) in [5.41, 5.74) is 1.49. The Morgan fingerprint density at radius 1 is 1.15 bits per heavy atom. The molecular weight excluding hydrogens is 257 g/mol. The van der Waals surface area contributed by atoms with E-state index < -0.39 is 0 Å². The van der Waals surface area contributed by atoms with Gasteiger partial charge in [0, 0.05) is 5.56 Å². The fourth-order valence-corrected chi connectivity index (χ4v) is 1.75. The molecular formula is C16H16FNO2. The Balaban J connectivity index is 1.77. The van der Waals surface area contributed by atoms with Gasteiger partial charge in [-0.05, 0) is 42.8 Å². The van der Waals surface area contributed by atoms with E-state index >= 15 is 0 Å². The van der Waals surface area contributed by atoms with E-state index in [9.17, 15) is 9.18 Å². The molecule has 0 atom stereocenters. The van der Waals surface area contributed by atoms with Crippen LogP contribution in [0.25, 0.3) is 0 Å². The molecule has 0 heterocycles. The SMILES string of the molecule is Cc1ccccc1OCCNC(=O)c1ccc(F)cc1. The Hall–Kier alpha value is -2.36. The van der Waals surface area contributed by atoms with Gasteiger partial charge in [0.1, 0.15) is 18.2 Å². The molecule has 0 saturated carbocycles. The first-order valence-corrected chi connectivity index (χ1v) is 6.39. The van der Waals surface area contributed by atoms with Crippen molar-refractivity contribution in [2.75, 3.05) is 13.2 Å². The van der Waals surface area contributed by atoms with Gasteiger partial charge in [0.15, 0.2) is 0 Å². The van der Waals surface area contributed by atoms with Crippen molar-refractivity contribution >= 4 is 5.91 Å². The number of hydrogen-bond acceptors (Lipinski definition) is 2. The van der Waals surface area contributed by atoms with Crippen molar-refractivity contribution in [3.63, 3.8) is 0 Å². The van der Waals surface area contributed by atoms with Gasteiger partial charge < -0.3 is 10.1 Å². The summed E-state index contributed by atoms with van der Waals surface area (Å²) in [6.45, 7) is 2.74. The van der Waals surface area contributed by atoms with E-state index in [1.807, 2.05) is 31.2 Å². The number of nitrogens with one attached hydrogen (secondary N) is 1. The van der Waals surface area contributed by atoms with Gasteiger partial charge in [-0.3, -0.25) is 4.79 Å². The molecule has 0 saturated heterocycles. The highest BCUT2D eigenvalue weighted by molar-refractivity contribution is 5.94. The van der Waals surface area contributed by atoms with E-state index in [0.717, 1.165) is 11.3 Å². The standard InChI is InChI=1S/C16H16FNO2/c1-12-4-2-3-5-15(12)20-11-10-18-16(19)13-6-8-14(17)9-7-13/h2-9H,10-11H2,1H3,(H,18,19). The highest BCUT2D eigenvalue weighted by Gasteiger charge is 2.04. The van der Waals surface area contributed by atoms with Crippen LogP contribution in [0, 0.1) is 12.7 Å². The Labute approximate surface area is 117 Å². The Morgan fingerprint density at radius 3 is 2.55 bits per heavy atom. The molecule has 1 N–H and O–H groups in total. The van der Waals surface area contributed by atoms with Crippen molar-refractivity contribution in [2.45, 2.75) is 6.92 Å². The third-order valence-corrected chi connectivity index (χ3v) is 2.85. The minimum atomic E-state index is -0.357. The highest BCUT2D eigenvalue weighted by atomic mass is 19.1. The van der Waals surface area contributed by atoms with Crippen molar-refractivity contribution in [1.82, 2.24) is 5.32 Å². The number of ether oxygens (including phenoxy) is 1. The van der Waals surface area contributed by atoms with E-state index in [2.05, 4.69) is 5.32 Å². The average Bonchev–Trinajstić information content (AvgIpc) is 2.46. The molecule has 0 aliphatic heterocycles. The maximum atomic E-state index is 12.7. The van der Waals surface area contributed by atoms with Gasteiger partial charge in [-0.25, -0.2) is 4.39 Å². The minimum absolute atomic E-state index is 0.238. The molecule has 2 aromatic carbocycles. The van der Waals surface area contributed by atoms with Crippen LogP contribution in [-0.4, -0.2) is 19.1 Å². The summed E-state index contributed by atoms with van der Waals surface area (Å²) in [6.07, 6.45) is 0. The average molecular weight is 273 g/mol. The predicted octanol–water partition coefficient (Wildman–Crippen LogP) is 2.94. The van der Waals surface area contributed by atoms with Crippen LogP contribution in [0.5, 0.6) is 5.75 Å². The summed E-state index contributed by atoms with van der Waals surface area (Å²) >= 11 is 0. The number of amides is 1. The lowest BCUT2D eigenvalue weighted by molar-refractivity contribution is 0.0947. The van der Waals surface area contributed by atoms with Crippen molar-refractivity contribution in [1.29, 1.82) is 0 Å². The summed E-state index contributed by atoms with van der Waals surface area (Å²) in [4.78, 5) is 11.7. The highest BCUT2D eigenvalue weighted by Crippen LogP contribution is 2.15.